The number of ether oxygens (including phenoxy) is 3. The number of hydrogen-bond donors (Lipinski definition) is 2. The molecule has 2 aromatic carbocycles. The SMILES string of the molecule is CCn1c(-c2cccnc2[C@H](C)OC)c2c3cc(ccc31)-c1cccc(c1)C[C@H](NC(=O)[C@H](C(C)C)N1CC[C@]3(CCN(C(=O)C#C[C@@H]4COCCN4C)C3)C1=O)C(=O)N1CCC[C@@]([SiH3])(N1)C(=O)OCC(C)(C)C2. The summed E-state index contributed by atoms with van der Waals surface area (Å²) in [4.78, 5) is 82.6. The van der Waals surface area contributed by atoms with Crippen LogP contribution in [0.3, 0.4) is 0 Å². The van der Waals surface area contributed by atoms with Crippen LogP contribution in [-0.2, 0) is 57.6 Å². The van der Waals surface area contributed by atoms with Gasteiger partial charge < -0.3 is 33.9 Å². The molecule has 17 heteroatoms. The van der Waals surface area contributed by atoms with Gasteiger partial charge in [-0.05, 0) is 111 Å². The highest BCUT2D eigenvalue weighted by molar-refractivity contribution is 6.27. The van der Waals surface area contributed by atoms with Crippen LogP contribution < -0.4 is 10.7 Å². The van der Waals surface area contributed by atoms with Crippen molar-refractivity contribution in [2.75, 3.05) is 66.7 Å². The zero-order valence-electron chi connectivity index (χ0n) is 44.7. The van der Waals surface area contributed by atoms with Crippen LogP contribution in [-0.4, -0.2) is 159 Å². The van der Waals surface area contributed by atoms with E-state index in [1.807, 2.05) is 46.0 Å². The van der Waals surface area contributed by atoms with E-state index in [2.05, 4.69) is 89.2 Å². The first-order valence-corrected chi connectivity index (χ1v) is 27.5. The third-order valence-electron chi connectivity index (χ3n) is 16.2. The minimum atomic E-state index is -1.09. The minimum absolute atomic E-state index is 0.141. The number of hydrazine groups is 1. The number of pyridine rings is 1. The molecule has 9 rings (SSSR count). The van der Waals surface area contributed by atoms with Crippen molar-refractivity contribution in [1.29, 1.82) is 0 Å². The third-order valence-corrected chi connectivity index (χ3v) is 17.3. The zero-order valence-corrected chi connectivity index (χ0v) is 46.7. The van der Waals surface area contributed by atoms with Crippen molar-refractivity contribution >= 4 is 50.7 Å². The number of hydrogen-bond acceptors (Lipinski definition) is 11. The van der Waals surface area contributed by atoms with E-state index in [4.69, 9.17) is 19.2 Å². The van der Waals surface area contributed by atoms with Gasteiger partial charge >= 0.3 is 5.97 Å². The van der Waals surface area contributed by atoms with Crippen LogP contribution in [0.2, 0.25) is 0 Å². The molecule has 16 nitrogen and oxygen atoms in total. The van der Waals surface area contributed by atoms with Crippen LogP contribution in [0.5, 0.6) is 0 Å². The Morgan fingerprint density at radius 2 is 1.78 bits per heavy atom. The van der Waals surface area contributed by atoms with Crippen LogP contribution in [0.4, 0.5) is 0 Å². The second kappa shape index (κ2) is 21.4. The van der Waals surface area contributed by atoms with Crippen LogP contribution in [0.15, 0.2) is 60.8 Å². The summed E-state index contributed by atoms with van der Waals surface area (Å²) in [5.41, 5.74) is 9.84. The number of nitrogens with zero attached hydrogens (tertiary/aromatic N) is 6. The highest BCUT2D eigenvalue weighted by atomic mass is 28.1. The van der Waals surface area contributed by atoms with Crippen LogP contribution >= 0.6 is 0 Å². The summed E-state index contributed by atoms with van der Waals surface area (Å²) in [6, 6.07) is 16.6. The molecule has 4 saturated heterocycles. The molecule has 6 bridgehead atoms. The molecule has 1 spiro atoms. The highest BCUT2D eigenvalue weighted by Gasteiger charge is 2.54. The lowest BCUT2D eigenvalue weighted by molar-refractivity contribution is -0.158. The minimum Gasteiger partial charge on any atom is -0.464 e. The summed E-state index contributed by atoms with van der Waals surface area (Å²) < 4.78 is 20.1. The molecule has 2 N–H and O–H groups in total. The predicted molar refractivity (Wildman–Crippen MR) is 286 cm³/mol. The number of benzene rings is 2. The molecule has 7 heterocycles. The Kier molecular flexibility index (Phi) is 15.3. The van der Waals surface area contributed by atoms with E-state index in [1.54, 1.807) is 23.1 Å². The number of aromatic nitrogens is 2. The average Bonchev–Trinajstić information content (AvgIpc) is 4.06. The molecular weight excluding hydrogens is 953 g/mol. The molecule has 4 aromatic rings. The fraction of sp³-hybridized carbons (Fsp3) is 0.544. The highest BCUT2D eigenvalue weighted by Crippen LogP contribution is 2.44. The molecule has 4 fully saturated rings. The number of fused-ring (bicyclic) bond motifs is 6. The molecule has 0 unspecified atom stereocenters. The van der Waals surface area contributed by atoms with Gasteiger partial charge in [0.25, 0.3) is 11.8 Å². The van der Waals surface area contributed by atoms with Gasteiger partial charge in [0.15, 0.2) is 0 Å². The summed E-state index contributed by atoms with van der Waals surface area (Å²) in [6.07, 6.45) is 4.32. The second-order valence-corrected chi connectivity index (χ2v) is 24.3. The smallest absolute Gasteiger partial charge is 0.323 e. The van der Waals surface area contributed by atoms with Crippen molar-refractivity contribution in [1.82, 2.24) is 40.0 Å². The Morgan fingerprint density at radius 3 is 2.54 bits per heavy atom. The Balaban J connectivity index is 1.04. The standard InChI is InChI=1S/C57H74N8O8Si/c1-9-63-46-18-16-40-31-43(46)44(50(63)42-15-11-23-58-48(42)37(4)71-8)32-55(5,6)35-73-54(70)57(74)20-12-24-65(60-57)52(68)45(30-38-13-10-14-39(40)29-38)59-51(67)49(36(2)3)64-26-22-56(53(64)69)21-25-62(34-56)47(66)19-17-41-33-72-28-27-61(41)7/h10-11,13-16,18,23,29,31,36-37,41,45,49,60H,9,12,20-22,24-28,30,32-35H2,1-8,74H3,(H,59,67)/t37-,41+,45-,49-,56-,57-/m0/s1. The summed E-state index contributed by atoms with van der Waals surface area (Å²) in [6.45, 7) is 16.2. The van der Waals surface area contributed by atoms with Crippen LogP contribution in [0, 0.1) is 28.6 Å². The molecule has 0 aliphatic carbocycles. The molecule has 5 aliphatic heterocycles. The van der Waals surface area contributed by atoms with E-state index in [9.17, 15) is 19.2 Å². The van der Waals surface area contributed by atoms with E-state index in [0.717, 1.165) is 56.7 Å². The lowest BCUT2D eigenvalue weighted by atomic mass is 9.84. The third kappa shape index (κ3) is 10.4. The number of likely N-dealkylation sites (N-methyl/N-ethyl adjacent to an activating group) is 1. The number of likely N-dealkylation sites (tertiary alicyclic amines) is 2. The maximum Gasteiger partial charge on any atom is 0.323 e. The predicted octanol–water partition coefficient (Wildman–Crippen LogP) is 4.25. The molecule has 4 amide bonds. The first-order valence-electron chi connectivity index (χ1n) is 26.5. The van der Waals surface area contributed by atoms with Crippen molar-refractivity contribution < 1.29 is 38.2 Å². The van der Waals surface area contributed by atoms with E-state index in [-0.39, 0.29) is 55.4 Å². The molecule has 394 valence electrons. The van der Waals surface area contributed by atoms with Gasteiger partial charge in [-0.25, -0.2) is 5.43 Å². The monoisotopic (exact) mass is 1030 g/mol. The van der Waals surface area contributed by atoms with E-state index >= 15 is 4.79 Å². The average molecular weight is 1030 g/mol. The van der Waals surface area contributed by atoms with Gasteiger partial charge in [0.2, 0.25) is 11.8 Å². The van der Waals surface area contributed by atoms with E-state index in [1.165, 1.54) is 5.01 Å². The second-order valence-electron chi connectivity index (χ2n) is 22.6. The number of rotatable bonds is 8. The van der Waals surface area contributed by atoms with Crippen LogP contribution in [0.25, 0.3) is 33.3 Å². The number of amides is 4. The number of cyclic esters (lactones) is 1. The Morgan fingerprint density at radius 1 is 1.00 bits per heavy atom. The summed E-state index contributed by atoms with van der Waals surface area (Å²) in [5.74, 6) is 3.89. The molecule has 74 heavy (non-hydrogen) atoms. The van der Waals surface area contributed by atoms with Gasteiger partial charge in [0, 0.05) is 91.1 Å². The van der Waals surface area contributed by atoms with Gasteiger partial charge in [0.1, 0.15) is 17.2 Å². The first-order chi connectivity index (χ1) is 35.4. The lowest BCUT2D eigenvalue weighted by Crippen LogP contribution is -2.67. The van der Waals surface area contributed by atoms with Crippen molar-refractivity contribution in [2.24, 2.45) is 16.7 Å². The Labute approximate surface area is 438 Å². The lowest BCUT2D eigenvalue weighted by Gasteiger charge is -2.42. The molecule has 5 aliphatic rings. The fourth-order valence-electron chi connectivity index (χ4n) is 11.9. The van der Waals surface area contributed by atoms with Gasteiger partial charge in [-0.3, -0.25) is 38.9 Å². The van der Waals surface area contributed by atoms with Gasteiger partial charge in [-0.2, -0.15) is 0 Å². The van der Waals surface area contributed by atoms with Crippen molar-refractivity contribution in [3.8, 4) is 34.2 Å². The summed E-state index contributed by atoms with van der Waals surface area (Å²) in [7, 11) is 4.01. The zero-order chi connectivity index (χ0) is 52.7. The number of methoxy groups -OCH3 is 1. The topological polar surface area (TPSA) is 168 Å². The first kappa shape index (κ1) is 52.9. The maximum absolute atomic E-state index is 15.1. The molecule has 2 aromatic heterocycles. The van der Waals surface area contributed by atoms with E-state index in [0.29, 0.717) is 81.7 Å². The molecular formula is C57H74N8O8Si. The number of esters is 1. The summed E-state index contributed by atoms with van der Waals surface area (Å²) >= 11 is 0. The Hall–Kier alpha value is -5.90. The van der Waals surface area contributed by atoms with Gasteiger partial charge in [0.05, 0.1) is 48.8 Å². The molecule has 6 atom stereocenters. The van der Waals surface area contributed by atoms with Crippen molar-refractivity contribution in [3.05, 3.63) is 77.6 Å². The number of morpholine rings is 1. The Bertz CT molecular complexity index is 2890. The normalized spacial score (nSPS) is 25.5. The number of aryl methyl sites for hydroxylation is 1. The molecule has 0 radical (unpaired) electrons. The van der Waals surface area contributed by atoms with Gasteiger partial charge in [-0.15, -0.1) is 0 Å². The van der Waals surface area contributed by atoms with Crippen molar-refractivity contribution in [2.45, 2.75) is 116 Å². The van der Waals surface area contributed by atoms with Gasteiger partial charge in [-0.1, -0.05) is 63.9 Å². The fourth-order valence-corrected chi connectivity index (χ4v) is 12.7. The van der Waals surface area contributed by atoms with Crippen molar-refractivity contribution in [3.63, 3.8) is 0 Å². The van der Waals surface area contributed by atoms with E-state index < -0.39 is 40.0 Å². The number of carbonyl (C=O) groups excluding carboxylic acids is 5. The number of carbonyl (C=O) groups is 5. The maximum atomic E-state index is 15.1. The quantitative estimate of drug-likeness (QED) is 0.147. The summed E-state index contributed by atoms with van der Waals surface area (Å²) in [5, 5.41) is 4.64. The van der Waals surface area contributed by atoms with Crippen LogP contribution in [0.1, 0.15) is 90.2 Å². The molecule has 0 saturated carbocycles. The number of nitrogens with one attached hydrogen (secondary N) is 2. The largest absolute Gasteiger partial charge is 0.464 e.